The highest BCUT2D eigenvalue weighted by Gasteiger charge is 2.96. The van der Waals surface area contributed by atoms with Crippen molar-refractivity contribution in [1.29, 1.82) is 0 Å². The molecule has 0 bridgehead atoms. The van der Waals surface area contributed by atoms with Crippen molar-refractivity contribution < 1.29 is 75.8 Å². The molecule has 1 unspecified atom stereocenters. The van der Waals surface area contributed by atoms with E-state index >= 15 is 0 Å². The smallest absolute Gasteiger partial charge is 0.460 e. The van der Waals surface area contributed by atoms with Gasteiger partial charge in [-0.15, -0.1) is 0 Å². The maximum absolute atomic E-state index is 13.3. The molecule has 0 aliphatic heterocycles. The zero-order valence-electron chi connectivity index (χ0n) is 10.5. The van der Waals surface area contributed by atoms with E-state index in [1.165, 1.54) is 0 Å². The lowest BCUT2D eigenvalue weighted by atomic mass is 9.83. The Bertz CT molecular complexity index is 529. The topological polar surface area (TPSA) is 37.3 Å². The summed E-state index contributed by atoms with van der Waals surface area (Å²) in [7, 11) is 0. The number of aliphatic carboxylic acids is 1. The molecule has 2 nitrogen and oxygen atoms in total. The fraction of sp³-hybridized carbons (Fsp3) is 0.875. The van der Waals surface area contributed by atoms with Gasteiger partial charge in [0.1, 0.15) is 0 Å². The quantitative estimate of drug-likeness (QED) is 0.676. The number of hydrogen-bond donors (Lipinski definition) is 1. The lowest BCUT2D eigenvalue weighted by molar-refractivity contribution is -0.449. The number of alkyl halides is 15. The van der Waals surface area contributed by atoms with Crippen LogP contribution in [-0.4, -0.2) is 52.8 Å². The van der Waals surface area contributed by atoms with Crippen molar-refractivity contribution in [3.8, 4) is 0 Å². The van der Waals surface area contributed by atoms with Gasteiger partial charge in [-0.1, -0.05) is 0 Å². The van der Waals surface area contributed by atoms with Gasteiger partial charge in [-0.25, -0.2) is 9.18 Å². The van der Waals surface area contributed by atoms with Gasteiger partial charge in [0, 0.05) is 0 Å². The summed E-state index contributed by atoms with van der Waals surface area (Å²) < 4.78 is 187. The molecule has 25 heavy (non-hydrogen) atoms. The van der Waals surface area contributed by atoms with Gasteiger partial charge in [0.05, 0.1) is 0 Å². The van der Waals surface area contributed by atoms with Crippen LogP contribution in [0.1, 0.15) is 0 Å². The highest BCUT2D eigenvalue weighted by Crippen LogP contribution is 2.63. The SMILES string of the molecule is O=C(O)C(F)(F)C(F)(C(F)(F)F)C(F)(F)C(F)(F)C(F)(F)C(F)(F)F. The monoisotopic (exact) mass is 414 g/mol. The molecule has 150 valence electrons. The lowest BCUT2D eigenvalue weighted by Gasteiger charge is -2.43. The zero-order valence-corrected chi connectivity index (χ0v) is 10.5. The first kappa shape index (κ1) is 23.4. The van der Waals surface area contributed by atoms with Gasteiger partial charge in [0.2, 0.25) is 0 Å². The summed E-state index contributed by atoms with van der Waals surface area (Å²) in [5.41, 5.74) is -8.34. The van der Waals surface area contributed by atoms with Crippen LogP contribution in [0.4, 0.5) is 65.9 Å². The van der Waals surface area contributed by atoms with E-state index in [2.05, 4.69) is 0 Å². The first-order valence-corrected chi connectivity index (χ1v) is 5.01. The van der Waals surface area contributed by atoms with E-state index in [-0.39, 0.29) is 0 Å². The van der Waals surface area contributed by atoms with Crippen molar-refractivity contribution in [3.05, 3.63) is 0 Å². The Kier molecular flexibility index (Phi) is 5.11. The van der Waals surface area contributed by atoms with Gasteiger partial charge in [-0.3, -0.25) is 0 Å². The van der Waals surface area contributed by atoms with Gasteiger partial charge < -0.3 is 5.11 Å². The van der Waals surface area contributed by atoms with E-state index in [1.807, 2.05) is 0 Å². The summed E-state index contributed by atoms with van der Waals surface area (Å²) in [6, 6.07) is 0. The minimum Gasteiger partial charge on any atom is -0.477 e. The third kappa shape index (κ3) is 2.74. The van der Waals surface area contributed by atoms with Crippen molar-refractivity contribution >= 4 is 5.97 Å². The van der Waals surface area contributed by atoms with Gasteiger partial charge in [0.25, 0.3) is 0 Å². The van der Waals surface area contributed by atoms with Gasteiger partial charge in [-0.05, 0) is 0 Å². The van der Waals surface area contributed by atoms with Gasteiger partial charge in [0.15, 0.2) is 0 Å². The largest absolute Gasteiger partial charge is 0.477 e. The molecule has 0 saturated carbocycles. The second kappa shape index (κ2) is 5.46. The summed E-state index contributed by atoms with van der Waals surface area (Å²) in [6.45, 7) is 0. The fourth-order valence-electron chi connectivity index (χ4n) is 1.29. The summed E-state index contributed by atoms with van der Waals surface area (Å²) in [5, 5.41) is 7.65. The predicted octanol–water partition coefficient (Wildman–Crippen LogP) is 4.45. The van der Waals surface area contributed by atoms with Crippen LogP contribution in [0.3, 0.4) is 0 Å². The summed E-state index contributed by atoms with van der Waals surface area (Å²) in [4.78, 5) is 9.86. The second-order valence-corrected chi connectivity index (χ2v) is 4.26. The standard InChI is InChI=1S/C8HF15O2/c9-2(10,1(24)25)3(11,7(18,19)20)4(12,13)5(14,15)6(16,17)8(21,22)23/h(H,24,25). The Balaban J connectivity index is 6.93. The molecular weight excluding hydrogens is 413 g/mol. The van der Waals surface area contributed by atoms with Crippen molar-refractivity contribution in [2.24, 2.45) is 0 Å². The van der Waals surface area contributed by atoms with E-state index in [0.29, 0.717) is 0 Å². The Hall–Kier alpha value is -1.58. The molecular formula is C8HF15O2. The van der Waals surface area contributed by atoms with Crippen LogP contribution in [0.2, 0.25) is 0 Å². The summed E-state index contributed by atoms with van der Waals surface area (Å²) in [5.74, 6) is -37.3. The van der Waals surface area contributed by atoms with Crippen LogP contribution in [0, 0.1) is 0 Å². The van der Waals surface area contributed by atoms with Crippen molar-refractivity contribution in [3.63, 3.8) is 0 Å². The van der Waals surface area contributed by atoms with Gasteiger partial charge >= 0.3 is 47.7 Å². The fourth-order valence-corrected chi connectivity index (χ4v) is 1.29. The molecule has 0 radical (unpaired) electrons. The van der Waals surface area contributed by atoms with E-state index < -0.39 is 47.7 Å². The Morgan fingerprint density at radius 3 is 1.04 bits per heavy atom. The van der Waals surface area contributed by atoms with E-state index in [0.717, 1.165) is 0 Å². The van der Waals surface area contributed by atoms with Crippen LogP contribution in [-0.2, 0) is 4.79 Å². The molecule has 0 amide bonds. The first-order chi connectivity index (χ1) is 10.4. The molecule has 0 aromatic rings. The maximum atomic E-state index is 13.3. The zero-order chi connectivity index (χ0) is 21.1. The van der Waals surface area contributed by atoms with Crippen LogP contribution in [0.25, 0.3) is 0 Å². The van der Waals surface area contributed by atoms with Crippen molar-refractivity contribution in [2.75, 3.05) is 0 Å². The Morgan fingerprint density at radius 1 is 0.520 bits per heavy atom. The number of carboxylic acids is 1. The molecule has 1 N–H and O–H groups in total. The summed E-state index contributed by atoms with van der Waals surface area (Å²) >= 11 is 0. The maximum Gasteiger partial charge on any atom is 0.460 e. The number of carboxylic acid groups (broad SMARTS) is 1. The molecule has 0 heterocycles. The second-order valence-electron chi connectivity index (χ2n) is 4.26. The lowest BCUT2D eigenvalue weighted by Crippen LogP contribution is -2.77. The highest BCUT2D eigenvalue weighted by atomic mass is 19.4. The van der Waals surface area contributed by atoms with E-state index in [1.54, 1.807) is 0 Å². The Morgan fingerprint density at radius 2 is 0.840 bits per heavy atom. The minimum atomic E-state index is -8.58. The molecule has 0 aliphatic carbocycles. The summed E-state index contributed by atoms with van der Waals surface area (Å²) in [6.07, 6.45) is -15.8. The van der Waals surface area contributed by atoms with Crippen LogP contribution >= 0.6 is 0 Å². The molecule has 0 fully saturated rings. The number of halogens is 15. The Labute approximate surface area is 125 Å². The first-order valence-electron chi connectivity index (χ1n) is 5.01. The molecule has 17 heteroatoms. The van der Waals surface area contributed by atoms with E-state index in [4.69, 9.17) is 5.11 Å². The molecule has 0 aliphatic rings. The van der Waals surface area contributed by atoms with E-state index in [9.17, 15) is 70.7 Å². The van der Waals surface area contributed by atoms with Crippen molar-refractivity contribution in [1.82, 2.24) is 0 Å². The molecule has 0 saturated heterocycles. The third-order valence-corrected chi connectivity index (χ3v) is 2.67. The predicted molar refractivity (Wildman–Crippen MR) is 43.4 cm³/mol. The average Bonchev–Trinajstić information content (AvgIpc) is 2.33. The molecule has 0 aromatic carbocycles. The van der Waals surface area contributed by atoms with Crippen LogP contribution in [0.5, 0.6) is 0 Å². The number of hydrogen-bond acceptors (Lipinski definition) is 1. The number of carbonyl (C=O) groups is 1. The molecule has 0 spiro atoms. The molecule has 1 atom stereocenters. The van der Waals surface area contributed by atoms with Crippen LogP contribution in [0.15, 0.2) is 0 Å². The normalized spacial score (nSPS) is 18.0. The van der Waals surface area contributed by atoms with Crippen molar-refractivity contribution in [2.45, 2.75) is 41.7 Å². The third-order valence-electron chi connectivity index (χ3n) is 2.67. The van der Waals surface area contributed by atoms with Gasteiger partial charge in [-0.2, -0.15) is 61.5 Å². The number of rotatable bonds is 5. The highest BCUT2D eigenvalue weighted by molar-refractivity contribution is 5.78. The minimum absolute atomic E-state index is 4.49. The molecule has 0 aromatic heterocycles. The van der Waals surface area contributed by atoms with Crippen LogP contribution < -0.4 is 0 Å². The average molecular weight is 414 g/mol. The molecule has 0 rings (SSSR count).